The van der Waals surface area contributed by atoms with E-state index in [1.807, 2.05) is 13.8 Å². The van der Waals surface area contributed by atoms with Crippen LogP contribution in [0.2, 0.25) is 0 Å². The predicted octanol–water partition coefficient (Wildman–Crippen LogP) is -0.346. The van der Waals surface area contributed by atoms with Gasteiger partial charge < -0.3 is 19.8 Å². The van der Waals surface area contributed by atoms with Gasteiger partial charge in [0.15, 0.2) is 0 Å². The number of hydrogen-bond donors (Lipinski definition) is 2. The van der Waals surface area contributed by atoms with E-state index in [4.69, 9.17) is 14.9 Å². The van der Waals surface area contributed by atoms with Gasteiger partial charge in [-0.25, -0.2) is 0 Å². The molecule has 0 spiro atoms. The van der Waals surface area contributed by atoms with E-state index in [1.165, 1.54) is 4.90 Å². The Hall–Kier alpha value is -1.63. The molecule has 2 rings (SSSR count). The van der Waals surface area contributed by atoms with Gasteiger partial charge in [-0.05, 0) is 13.8 Å². The highest BCUT2D eigenvalue weighted by Gasteiger charge is 2.64. The van der Waals surface area contributed by atoms with Gasteiger partial charge in [0.05, 0.1) is 30.0 Å². The maximum Gasteiger partial charge on any atom is 0.308 e. The fraction of sp³-hybridized carbons (Fsp3) is 0.750. The first-order chi connectivity index (χ1) is 8.82. The van der Waals surface area contributed by atoms with Gasteiger partial charge in [0, 0.05) is 13.1 Å². The molecule has 7 heteroatoms. The highest BCUT2D eigenvalue weighted by Crippen LogP contribution is 2.48. The molecule has 19 heavy (non-hydrogen) atoms. The molecule has 1 saturated carbocycles. The molecular formula is C12H17NO6. The number of carboxylic acid groups (broad SMARTS) is 2. The van der Waals surface area contributed by atoms with Crippen LogP contribution in [-0.2, 0) is 19.1 Å². The number of morpholine rings is 1. The summed E-state index contributed by atoms with van der Waals surface area (Å²) in [6.07, 6.45) is -0.254. The first kappa shape index (κ1) is 13.8. The summed E-state index contributed by atoms with van der Waals surface area (Å²) in [6.45, 7) is 4.40. The van der Waals surface area contributed by atoms with Crippen molar-refractivity contribution in [2.45, 2.75) is 26.1 Å². The van der Waals surface area contributed by atoms with Gasteiger partial charge >= 0.3 is 11.9 Å². The fourth-order valence-corrected chi connectivity index (χ4v) is 2.80. The summed E-state index contributed by atoms with van der Waals surface area (Å²) in [6, 6.07) is 0. The highest BCUT2D eigenvalue weighted by atomic mass is 16.5. The lowest BCUT2D eigenvalue weighted by atomic mass is 10.2. The monoisotopic (exact) mass is 271 g/mol. The summed E-state index contributed by atoms with van der Waals surface area (Å²) in [4.78, 5) is 35.6. The summed E-state index contributed by atoms with van der Waals surface area (Å²) in [5.41, 5.74) is 0. The average Bonchev–Trinajstić information content (AvgIpc) is 3.01. The number of nitrogens with zero attached hydrogens (tertiary/aromatic N) is 1. The zero-order chi connectivity index (χ0) is 14.3. The topological polar surface area (TPSA) is 104 Å². The normalized spacial score (nSPS) is 37.8. The summed E-state index contributed by atoms with van der Waals surface area (Å²) in [5.74, 6) is -5.97. The number of carbonyl (C=O) groups is 3. The van der Waals surface area contributed by atoms with E-state index in [0.29, 0.717) is 13.1 Å². The zero-order valence-corrected chi connectivity index (χ0v) is 10.8. The SMILES string of the molecule is CC1CN(C(=O)C2[C@@H](C(=O)O)[C@H]2C(=O)O)CC(C)O1. The van der Waals surface area contributed by atoms with Gasteiger partial charge in [0.25, 0.3) is 0 Å². The molecule has 2 aliphatic rings. The van der Waals surface area contributed by atoms with Crippen LogP contribution in [0.1, 0.15) is 13.8 Å². The second-order valence-electron chi connectivity index (χ2n) is 5.25. The maximum absolute atomic E-state index is 12.2. The molecule has 0 radical (unpaired) electrons. The predicted molar refractivity (Wildman–Crippen MR) is 62.3 cm³/mol. The molecule has 2 fully saturated rings. The third kappa shape index (κ3) is 2.56. The van der Waals surface area contributed by atoms with Gasteiger partial charge in [0.1, 0.15) is 0 Å². The maximum atomic E-state index is 12.2. The van der Waals surface area contributed by atoms with E-state index >= 15 is 0 Å². The molecule has 1 heterocycles. The second kappa shape index (κ2) is 4.80. The Morgan fingerprint density at radius 3 is 1.74 bits per heavy atom. The van der Waals surface area contributed by atoms with Crippen molar-refractivity contribution in [3.8, 4) is 0 Å². The van der Waals surface area contributed by atoms with E-state index in [-0.39, 0.29) is 18.1 Å². The molecule has 7 nitrogen and oxygen atoms in total. The third-order valence-electron chi connectivity index (χ3n) is 3.61. The van der Waals surface area contributed by atoms with Gasteiger partial charge in [-0.2, -0.15) is 0 Å². The molecule has 0 bridgehead atoms. The molecule has 106 valence electrons. The first-order valence-corrected chi connectivity index (χ1v) is 6.22. The van der Waals surface area contributed by atoms with Crippen LogP contribution in [0.5, 0.6) is 0 Å². The molecule has 1 aliphatic carbocycles. The minimum Gasteiger partial charge on any atom is -0.481 e. The van der Waals surface area contributed by atoms with Gasteiger partial charge in [-0.15, -0.1) is 0 Å². The fourth-order valence-electron chi connectivity index (χ4n) is 2.80. The van der Waals surface area contributed by atoms with Crippen molar-refractivity contribution in [1.29, 1.82) is 0 Å². The number of rotatable bonds is 3. The van der Waals surface area contributed by atoms with Gasteiger partial charge in [0.2, 0.25) is 5.91 Å². The van der Waals surface area contributed by atoms with Crippen LogP contribution in [0.15, 0.2) is 0 Å². The molecule has 1 saturated heterocycles. The van der Waals surface area contributed by atoms with Gasteiger partial charge in [-0.1, -0.05) is 0 Å². The second-order valence-corrected chi connectivity index (χ2v) is 5.25. The van der Waals surface area contributed by atoms with E-state index in [0.717, 1.165) is 0 Å². The Labute approximate surface area is 110 Å². The lowest BCUT2D eigenvalue weighted by Crippen LogP contribution is -2.49. The molecule has 1 aliphatic heterocycles. The summed E-state index contributed by atoms with van der Waals surface area (Å²) < 4.78 is 5.49. The quantitative estimate of drug-likeness (QED) is 0.727. The van der Waals surface area contributed by atoms with Crippen LogP contribution >= 0.6 is 0 Å². The van der Waals surface area contributed by atoms with Crippen molar-refractivity contribution in [1.82, 2.24) is 4.90 Å². The minimum absolute atomic E-state index is 0.127. The standard InChI is InChI=1S/C12H17NO6/c1-5-3-13(4-6(2)19-5)10(14)7-8(11(15)16)9(7)12(17)18/h5-9H,3-4H2,1-2H3,(H,15,16)(H,17,18)/t5?,6?,7?,8-,9+. The van der Waals surface area contributed by atoms with Crippen LogP contribution < -0.4 is 0 Å². The van der Waals surface area contributed by atoms with Crippen molar-refractivity contribution >= 4 is 17.8 Å². The number of hydrogen-bond acceptors (Lipinski definition) is 4. The Balaban J connectivity index is 2.07. The Morgan fingerprint density at radius 1 is 0.947 bits per heavy atom. The Morgan fingerprint density at radius 2 is 1.37 bits per heavy atom. The van der Waals surface area contributed by atoms with Crippen LogP contribution in [0, 0.1) is 17.8 Å². The number of amides is 1. The number of aliphatic carboxylic acids is 2. The lowest BCUT2D eigenvalue weighted by Gasteiger charge is -2.35. The smallest absolute Gasteiger partial charge is 0.308 e. The summed E-state index contributed by atoms with van der Waals surface area (Å²) in [7, 11) is 0. The number of carbonyl (C=O) groups excluding carboxylic acids is 1. The van der Waals surface area contributed by atoms with Crippen molar-refractivity contribution < 1.29 is 29.3 Å². The Bertz CT molecular complexity index is 392. The van der Waals surface area contributed by atoms with E-state index in [9.17, 15) is 14.4 Å². The van der Waals surface area contributed by atoms with Crippen LogP contribution in [-0.4, -0.2) is 58.3 Å². The van der Waals surface area contributed by atoms with Crippen molar-refractivity contribution in [2.24, 2.45) is 17.8 Å². The highest BCUT2D eigenvalue weighted by molar-refractivity contribution is 5.98. The van der Waals surface area contributed by atoms with Crippen LogP contribution in [0.3, 0.4) is 0 Å². The van der Waals surface area contributed by atoms with E-state index in [1.54, 1.807) is 0 Å². The largest absolute Gasteiger partial charge is 0.481 e. The Kier molecular flexibility index (Phi) is 3.49. The first-order valence-electron chi connectivity index (χ1n) is 6.22. The molecule has 3 unspecified atom stereocenters. The van der Waals surface area contributed by atoms with Crippen molar-refractivity contribution in [2.75, 3.05) is 13.1 Å². The molecule has 5 atom stereocenters. The summed E-state index contributed by atoms with van der Waals surface area (Å²) in [5, 5.41) is 17.9. The number of ether oxygens (including phenoxy) is 1. The summed E-state index contributed by atoms with van der Waals surface area (Å²) >= 11 is 0. The minimum atomic E-state index is -1.22. The molecule has 0 aromatic rings. The molecule has 0 aromatic carbocycles. The van der Waals surface area contributed by atoms with Crippen LogP contribution in [0.25, 0.3) is 0 Å². The molecular weight excluding hydrogens is 254 g/mol. The molecule has 0 aromatic heterocycles. The van der Waals surface area contributed by atoms with E-state index in [2.05, 4.69) is 0 Å². The lowest BCUT2D eigenvalue weighted by molar-refractivity contribution is -0.148. The average molecular weight is 271 g/mol. The van der Waals surface area contributed by atoms with E-state index < -0.39 is 29.7 Å². The van der Waals surface area contributed by atoms with Crippen molar-refractivity contribution in [3.05, 3.63) is 0 Å². The zero-order valence-electron chi connectivity index (χ0n) is 10.8. The third-order valence-corrected chi connectivity index (χ3v) is 3.61. The molecule has 2 N–H and O–H groups in total. The van der Waals surface area contributed by atoms with Crippen LogP contribution in [0.4, 0.5) is 0 Å². The van der Waals surface area contributed by atoms with Crippen molar-refractivity contribution in [3.63, 3.8) is 0 Å². The molecule has 1 amide bonds. The number of carboxylic acids is 2. The van der Waals surface area contributed by atoms with Gasteiger partial charge in [-0.3, -0.25) is 14.4 Å².